The van der Waals surface area contributed by atoms with E-state index in [2.05, 4.69) is 0 Å². The SMILES string of the molecule is Nc1c(C(=O)NCC(F)(F)F)sc2ccccc12. The van der Waals surface area contributed by atoms with E-state index in [1.165, 1.54) is 0 Å². The molecular weight excluding hydrogens is 265 g/mol. The van der Waals surface area contributed by atoms with E-state index in [-0.39, 0.29) is 10.6 Å². The third-order valence-corrected chi connectivity index (χ3v) is 3.47. The molecule has 1 aromatic carbocycles. The van der Waals surface area contributed by atoms with E-state index in [0.717, 1.165) is 16.0 Å². The first kappa shape index (κ1) is 12.7. The molecule has 2 aromatic rings. The summed E-state index contributed by atoms with van der Waals surface area (Å²) in [6, 6.07) is 7.01. The standard InChI is InChI=1S/C11H9F3N2OS/c12-11(13,14)5-16-10(17)9-8(15)6-3-1-2-4-7(6)18-9/h1-4H,5,15H2,(H,16,17). The molecule has 3 nitrogen and oxygen atoms in total. The molecule has 3 N–H and O–H groups in total. The van der Waals surface area contributed by atoms with E-state index in [1.54, 1.807) is 24.3 Å². The molecule has 0 radical (unpaired) electrons. The fourth-order valence-electron chi connectivity index (χ4n) is 1.49. The van der Waals surface area contributed by atoms with Gasteiger partial charge in [-0.15, -0.1) is 11.3 Å². The molecule has 0 aliphatic heterocycles. The molecule has 0 aliphatic carbocycles. The Kier molecular flexibility index (Phi) is 3.16. The van der Waals surface area contributed by atoms with Crippen LogP contribution < -0.4 is 11.1 Å². The fraction of sp³-hybridized carbons (Fsp3) is 0.182. The van der Waals surface area contributed by atoms with Gasteiger partial charge in [0.15, 0.2) is 0 Å². The first-order valence-electron chi connectivity index (χ1n) is 5.00. The van der Waals surface area contributed by atoms with Crippen molar-refractivity contribution in [1.29, 1.82) is 0 Å². The number of amides is 1. The summed E-state index contributed by atoms with van der Waals surface area (Å²) in [5, 5.41) is 2.49. The molecule has 2 rings (SSSR count). The summed E-state index contributed by atoms with van der Waals surface area (Å²) < 4.78 is 36.8. The van der Waals surface area contributed by atoms with Gasteiger partial charge in [0.2, 0.25) is 0 Å². The highest BCUT2D eigenvalue weighted by atomic mass is 32.1. The molecule has 0 saturated carbocycles. The van der Waals surface area contributed by atoms with E-state index in [9.17, 15) is 18.0 Å². The third kappa shape index (κ3) is 2.56. The number of carbonyl (C=O) groups is 1. The van der Waals surface area contributed by atoms with Gasteiger partial charge in [-0.3, -0.25) is 4.79 Å². The molecule has 0 aliphatic rings. The third-order valence-electron chi connectivity index (χ3n) is 2.29. The first-order valence-corrected chi connectivity index (χ1v) is 5.82. The van der Waals surface area contributed by atoms with Crippen LogP contribution in [0.2, 0.25) is 0 Å². The first-order chi connectivity index (χ1) is 8.38. The van der Waals surface area contributed by atoms with Crippen molar-refractivity contribution in [2.75, 3.05) is 12.3 Å². The molecule has 1 aromatic heterocycles. The number of hydrogen-bond donors (Lipinski definition) is 2. The number of alkyl halides is 3. The number of hydrogen-bond acceptors (Lipinski definition) is 3. The minimum absolute atomic E-state index is 0.112. The van der Waals surface area contributed by atoms with Crippen LogP contribution >= 0.6 is 11.3 Å². The molecule has 0 atom stereocenters. The number of rotatable bonds is 2. The molecule has 7 heteroatoms. The molecule has 0 spiro atoms. The van der Waals surface area contributed by atoms with Crippen molar-refractivity contribution >= 4 is 33.0 Å². The van der Waals surface area contributed by atoms with Crippen molar-refractivity contribution < 1.29 is 18.0 Å². The molecule has 0 saturated heterocycles. The average Bonchev–Trinajstić information content (AvgIpc) is 2.64. The van der Waals surface area contributed by atoms with Crippen LogP contribution in [0, 0.1) is 0 Å². The second kappa shape index (κ2) is 4.49. The highest BCUT2D eigenvalue weighted by Gasteiger charge is 2.28. The summed E-state index contributed by atoms with van der Waals surface area (Å²) in [5.74, 6) is -0.800. The topological polar surface area (TPSA) is 55.1 Å². The van der Waals surface area contributed by atoms with Crippen molar-refractivity contribution in [2.24, 2.45) is 0 Å². The van der Waals surface area contributed by atoms with Crippen LogP contribution in [0.1, 0.15) is 9.67 Å². The Hall–Kier alpha value is -1.76. The van der Waals surface area contributed by atoms with Crippen LogP contribution in [0.25, 0.3) is 10.1 Å². The molecule has 0 unspecified atom stereocenters. The predicted octanol–water partition coefficient (Wildman–Crippen LogP) is 2.78. The Morgan fingerprint density at radius 1 is 1.33 bits per heavy atom. The average molecular weight is 274 g/mol. The van der Waals surface area contributed by atoms with E-state index in [4.69, 9.17) is 5.73 Å². The Morgan fingerprint density at radius 2 is 2.00 bits per heavy atom. The van der Waals surface area contributed by atoms with Crippen LogP contribution in [-0.4, -0.2) is 18.6 Å². The monoisotopic (exact) mass is 274 g/mol. The Balaban J connectivity index is 2.26. The lowest BCUT2D eigenvalue weighted by Crippen LogP contribution is -2.33. The maximum Gasteiger partial charge on any atom is 0.405 e. The molecule has 1 amide bonds. The summed E-state index contributed by atoms with van der Waals surface area (Å²) in [5.41, 5.74) is 5.97. The van der Waals surface area contributed by atoms with Gasteiger partial charge in [-0.1, -0.05) is 18.2 Å². The minimum atomic E-state index is -4.43. The Bertz CT molecular complexity index is 591. The molecule has 96 valence electrons. The van der Waals surface area contributed by atoms with Crippen molar-refractivity contribution in [3.8, 4) is 0 Å². The molecular formula is C11H9F3N2OS. The lowest BCUT2D eigenvalue weighted by Gasteiger charge is -2.07. The van der Waals surface area contributed by atoms with Gasteiger partial charge in [0.25, 0.3) is 5.91 Å². The smallest absolute Gasteiger partial charge is 0.397 e. The van der Waals surface area contributed by atoms with Crippen LogP contribution in [0.3, 0.4) is 0 Å². The van der Waals surface area contributed by atoms with Crippen molar-refractivity contribution in [3.05, 3.63) is 29.1 Å². The number of benzene rings is 1. The van der Waals surface area contributed by atoms with Gasteiger partial charge in [-0.05, 0) is 6.07 Å². The summed E-state index contributed by atoms with van der Waals surface area (Å²) in [6.45, 7) is -1.36. The fourth-order valence-corrected chi connectivity index (χ4v) is 2.53. The second-order valence-electron chi connectivity index (χ2n) is 3.64. The summed E-state index contributed by atoms with van der Waals surface area (Å²) in [6.07, 6.45) is -4.43. The second-order valence-corrected chi connectivity index (χ2v) is 4.69. The van der Waals surface area contributed by atoms with Gasteiger partial charge in [-0.2, -0.15) is 13.2 Å². The number of halogens is 3. The van der Waals surface area contributed by atoms with Crippen molar-refractivity contribution in [3.63, 3.8) is 0 Å². The highest BCUT2D eigenvalue weighted by Crippen LogP contribution is 2.33. The zero-order chi connectivity index (χ0) is 13.3. The number of nitrogens with one attached hydrogen (secondary N) is 1. The van der Waals surface area contributed by atoms with Crippen LogP contribution in [0.4, 0.5) is 18.9 Å². The minimum Gasteiger partial charge on any atom is -0.397 e. The number of thiophene rings is 1. The molecule has 0 fully saturated rings. The number of nitrogen functional groups attached to an aromatic ring is 1. The van der Waals surface area contributed by atoms with Gasteiger partial charge < -0.3 is 11.1 Å². The predicted molar refractivity (Wildman–Crippen MR) is 64.6 cm³/mol. The van der Waals surface area contributed by atoms with Crippen LogP contribution in [0.5, 0.6) is 0 Å². The van der Waals surface area contributed by atoms with E-state index in [1.807, 2.05) is 5.32 Å². The lowest BCUT2D eigenvalue weighted by atomic mass is 10.2. The maximum absolute atomic E-state index is 12.0. The molecule has 1 heterocycles. The zero-order valence-corrected chi connectivity index (χ0v) is 9.86. The summed E-state index contributed by atoms with van der Waals surface area (Å²) >= 11 is 1.08. The molecule has 0 bridgehead atoms. The maximum atomic E-state index is 12.0. The van der Waals surface area contributed by atoms with Gasteiger partial charge >= 0.3 is 6.18 Å². The van der Waals surface area contributed by atoms with E-state index in [0.29, 0.717) is 5.39 Å². The summed E-state index contributed by atoms with van der Waals surface area (Å²) in [7, 11) is 0. The number of carbonyl (C=O) groups excluding carboxylic acids is 1. The largest absolute Gasteiger partial charge is 0.405 e. The lowest BCUT2D eigenvalue weighted by molar-refractivity contribution is -0.123. The highest BCUT2D eigenvalue weighted by molar-refractivity contribution is 7.21. The normalized spacial score (nSPS) is 11.7. The molecule has 18 heavy (non-hydrogen) atoms. The van der Waals surface area contributed by atoms with Crippen LogP contribution in [0.15, 0.2) is 24.3 Å². The van der Waals surface area contributed by atoms with Crippen molar-refractivity contribution in [1.82, 2.24) is 5.32 Å². The van der Waals surface area contributed by atoms with Crippen molar-refractivity contribution in [2.45, 2.75) is 6.18 Å². The van der Waals surface area contributed by atoms with Crippen LogP contribution in [-0.2, 0) is 0 Å². The quantitative estimate of drug-likeness (QED) is 0.884. The number of fused-ring (bicyclic) bond motifs is 1. The number of anilines is 1. The van der Waals surface area contributed by atoms with E-state index >= 15 is 0 Å². The van der Waals surface area contributed by atoms with Gasteiger partial charge in [0.1, 0.15) is 11.4 Å². The van der Waals surface area contributed by atoms with Gasteiger partial charge in [0.05, 0.1) is 5.69 Å². The Morgan fingerprint density at radius 3 is 2.61 bits per heavy atom. The zero-order valence-electron chi connectivity index (χ0n) is 9.04. The number of nitrogens with two attached hydrogens (primary N) is 1. The van der Waals surface area contributed by atoms with Gasteiger partial charge in [0, 0.05) is 10.1 Å². The Labute approximate surface area is 104 Å². The van der Waals surface area contributed by atoms with E-state index < -0.39 is 18.6 Å². The summed E-state index contributed by atoms with van der Waals surface area (Å²) in [4.78, 5) is 11.7. The van der Waals surface area contributed by atoms with Gasteiger partial charge in [-0.25, -0.2) is 0 Å².